The Labute approximate surface area is 272 Å². The molecule has 0 unspecified atom stereocenters. The molecule has 218 valence electrons. The largest absolute Gasteiger partial charge is 0.353 e. The molecule has 0 saturated heterocycles. The summed E-state index contributed by atoms with van der Waals surface area (Å²) in [5, 5.41) is 11.2. The molecule has 4 nitrogen and oxygen atoms in total. The van der Waals surface area contributed by atoms with Crippen LogP contribution in [-0.2, 0) is 0 Å². The third kappa shape index (κ3) is 3.41. The summed E-state index contributed by atoms with van der Waals surface area (Å²) in [7, 11) is 0. The minimum absolute atomic E-state index is 0.678. The smallest absolute Gasteiger partial charge is 0.235 e. The molecule has 1 N–H and O–H groups in total. The summed E-state index contributed by atoms with van der Waals surface area (Å²) < 4.78 is 4.79. The van der Waals surface area contributed by atoms with Crippen molar-refractivity contribution < 1.29 is 0 Å². The quantitative estimate of drug-likeness (QED) is 0.210. The number of fused-ring (bicyclic) bond motifs is 14. The molecule has 4 heterocycles. The molecule has 5 heteroatoms. The summed E-state index contributed by atoms with van der Waals surface area (Å²) in [6, 6.07) is 49.7. The van der Waals surface area contributed by atoms with Crippen LogP contribution in [0.25, 0.3) is 103 Å². The van der Waals surface area contributed by atoms with Gasteiger partial charge in [0.2, 0.25) is 5.95 Å². The number of aromatic nitrogens is 4. The zero-order valence-electron chi connectivity index (χ0n) is 25.0. The van der Waals surface area contributed by atoms with Crippen LogP contribution >= 0.6 is 11.3 Å². The van der Waals surface area contributed by atoms with Crippen molar-refractivity contribution in [2.24, 2.45) is 0 Å². The van der Waals surface area contributed by atoms with Crippen molar-refractivity contribution in [3.8, 4) is 17.2 Å². The molecule has 47 heavy (non-hydrogen) atoms. The molecular formula is C42H24N4S. The normalized spacial score (nSPS) is 12.3. The lowest BCUT2D eigenvalue weighted by atomic mass is 9.98. The molecule has 4 aromatic heterocycles. The number of nitrogens with zero attached hydrogens (tertiary/aromatic N) is 3. The van der Waals surface area contributed by atoms with E-state index >= 15 is 0 Å². The molecule has 0 radical (unpaired) electrons. The Hall–Kier alpha value is -6.04. The van der Waals surface area contributed by atoms with E-state index in [-0.39, 0.29) is 0 Å². The van der Waals surface area contributed by atoms with E-state index in [1.165, 1.54) is 63.5 Å². The number of thiophene rings is 1. The van der Waals surface area contributed by atoms with E-state index in [0.717, 1.165) is 33.2 Å². The van der Waals surface area contributed by atoms with Gasteiger partial charge in [0.25, 0.3) is 0 Å². The maximum atomic E-state index is 5.29. The lowest BCUT2D eigenvalue weighted by Crippen LogP contribution is -2.03. The first-order valence-electron chi connectivity index (χ1n) is 15.8. The average Bonchev–Trinajstić information content (AvgIpc) is 3.80. The minimum Gasteiger partial charge on any atom is -0.353 e. The fourth-order valence-corrected chi connectivity index (χ4v) is 8.95. The van der Waals surface area contributed by atoms with Crippen LogP contribution in [0.15, 0.2) is 140 Å². The number of nitrogens with one attached hydrogen (secondary N) is 1. The highest BCUT2D eigenvalue weighted by Gasteiger charge is 2.21. The first kappa shape index (κ1) is 25.2. The highest BCUT2D eigenvalue weighted by molar-refractivity contribution is 7.27. The maximum Gasteiger partial charge on any atom is 0.235 e. The maximum absolute atomic E-state index is 5.29. The molecule has 0 aliphatic rings. The average molecular weight is 617 g/mol. The molecule has 0 aliphatic carbocycles. The summed E-state index contributed by atoms with van der Waals surface area (Å²) >= 11 is 1.87. The Morgan fingerprint density at radius 2 is 1.19 bits per heavy atom. The van der Waals surface area contributed by atoms with E-state index in [2.05, 4.69) is 143 Å². The SMILES string of the molecule is c1ccc(-c2nc(-n3c4ccccc4c4cc5c(cc43)sc3c4[nH]c6ccccc6c4c4ccccc4c53)nc3ccccc23)cc1. The first-order valence-corrected chi connectivity index (χ1v) is 16.7. The Kier molecular flexibility index (Phi) is 4.96. The predicted octanol–water partition coefficient (Wildman–Crippen LogP) is 11.5. The number of H-pyrrole nitrogens is 1. The lowest BCUT2D eigenvalue weighted by Gasteiger charge is -2.11. The van der Waals surface area contributed by atoms with Gasteiger partial charge in [-0.15, -0.1) is 11.3 Å². The number of hydrogen-bond donors (Lipinski definition) is 1. The van der Waals surface area contributed by atoms with Crippen molar-refractivity contribution >= 4 is 96.8 Å². The van der Waals surface area contributed by atoms with Crippen LogP contribution in [-0.4, -0.2) is 19.5 Å². The van der Waals surface area contributed by atoms with Crippen molar-refractivity contribution in [1.82, 2.24) is 19.5 Å². The van der Waals surface area contributed by atoms with Gasteiger partial charge in [0.05, 0.1) is 32.5 Å². The summed E-state index contributed by atoms with van der Waals surface area (Å²) in [6.07, 6.45) is 0. The van der Waals surface area contributed by atoms with Gasteiger partial charge in [-0.25, -0.2) is 9.97 Å². The number of hydrogen-bond acceptors (Lipinski definition) is 3. The fourth-order valence-electron chi connectivity index (χ4n) is 7.71. The zero-order valence-corrected chi connectivity index (χ0v) is 25.8. The van der Waals surface area contributed by atoms with E-state index < -0.39 is 0 Å². The van der Waals surface area contributed by atoms with Crippen molar-refractivity contribution in [2.45, 2.75) is 0 Å². The van der Waals surface area contributed by atoms with Gasteiger partial charge in [0.15, 0.2) is 0 Å². The van der Waals surface area contributed by atoms with E-state index in [4.69, 9.17) is 9.97 Å². The minimum atomic E-state index is 0.678. The van der Waals surface area contributed by atoms with E-state index in [1.54, 1.807) is 0 Å². The first-order chi connectivity index (χ1) is 23.3. The van der Waals surface area contributed by atoms with Crippen molar-refractivity contribution in [3.63, 3.8) is 0 Å². The standard InChI is InChI=1S/C42H24N4S/c1-2-12-24(13-3-1)39-29-18-7-10-20-33(29)44-42(45-39)46-34-21-11-8-14-25(34)30-22-31-36(23-35(30)46)47-41-38(31)27-16-5-4-15-26(27)37-28-17-6-9-19-32(28)43-40(37)41/h1-23,43H. The Morgan fingerprint density at radius 1 is 0.511 bits per heavy atom. The topological polar surface area (TPSA) is 46.5 Å². The Bertz CT molecular complexity index is 3070. The molecule has 7 aromatic carbocycles. The molecule has 11 rings (SSSR count). The summed E-state index contributed by atoms with van der Waals surface area (Å²) in [5.41, 5.74) is 7.53. The Morgan fingerprint density at radius 3 is 2.04 bits per heavy atom. The van der Waals surface area contributed by atoms with Gasteiger partial charge in [0, 0.05) is 53.5 Å². The van der Waals surface area contributed by atoms with Gasteiger partial charge in [0.1, 0.15) is 0 Å². The van der Waals surface area contributed by atoms with Crippen molar-refractivity contribution in [3.05, 3.63) is 140 Å². The number of rotatable bonds is 2. The summed E-state index contributed by atoms with van der Waals surface area (Å²) in [5.74, 6) is 0.678. The highest BCUT2D eigenvalue weighted by atomic mass is 32.1. The lowest BCUT2D eigenvalue weighted by molar-refractivity contribution is 1.01. The van der Waals surface area contributed by atoms with Gasteiger partial charge < -0.3 is 4.98 Å². The molecule has 0 atom stereocenters. The molecule has 0 fully saturated rings. The van der Waals surface area contributed by atoms with Crippen LogP contribution < -0.4 is 0 Å². The third-order valence-electron chi connectivity index (χ3n) is 9.72. The molecule has 0 spiro atoms. The summed E-state index contributed by atoms with van der Waals surface area (Å²) in [4.78, 5) is 14.3. The molecule has 0 bridgehead atoms. The second-order valence-corrected chi connectivity index (χ2v) is 13.3. The zero-order chi connectivity index (χ0) is 30.6. The van der Waals surface area contributed by atoms with Crippen molar-refractivity contribution in [1.29, 1.82) is 0 Å². The van der Waals surface area contributed by atoms with E-state index in [0.29, 0.717) is 5.95 Å². The van der Waals surface area contributed by atoms with E-state index in [9.17, 15) is 0 Å². The summed E-state index contributed by atoms with van der Waals surface area (Å²) in [6.45, 7) is 0. The molecule has 0 amide bonds. The monoisotopic (exact) mass is 616 g/mol. The van der Waals surface area contributed by atoms with Crippen LogP contribution in [0, 0.1) is 0 Å². The second-order valence-electron chi connectivity index (χ2n) is 12.2. The number of benzene rings is 7. The predicted molar refractivity (Wildman–Crippen MR) is 199 cm³/mol. The van der Waals surface area contributed by atoms with E-state index in [1.807, 2.05) is 17.4 Å². The van der Waals surface area contributed by atoms with Gasteiger partial charge in [-0.05, 0) is 41.1 Å². The van der Waals surface area contributed by atoms with Gasteiger partial charge in [-0.2, -0.15) is 0 Å². The van der Waals surface area contributed by atoms with Gasteiger partial charge in [-0.3, -0.25) is 4.57 Å². The van der Waals surface area contributed by atoms with Gasteiger partial charge >= 0.3 is 0 Å². The number of para-hydroxylation sites is 3. The van der Waals surface area contributed by atoms with Crippen molar-refractivity contribution in [2.75, 3.05) is 0 Å². The second kappa shape index (κ2) is 9.25. The van der Waals surface area contributed by atoms with Crippen LogP contribution in [0.2, 0.25) is 0 Å². The van der Waals surface area contributed by atoms with Crippen LogP contribution in [0.3, 0.4) is 0 Å². The fraction of sp³-hybridized carbons (Fsp3) is 0. The number of aromatic amines is 1. The Balaban J connectivity index is 1.29. The molecule has 0 saturated carbocycles. The molecule has 11 aromatic rings. The van der Waals surface area contributed by atoms with Gasteiger partial charge in [-0.1, -0.05) is 109 Å². The molecule has 0 aliphatic heterocycles. The van der Waals surface area contributed by atoms with Crippen LogP contribution in [0.4, 0.5) is 0 Å². The highest BCUT2D eigenvalue weighted by Crippen LogP contribution is 2.47. The molecular weight excluding hydrogens is 593 g/mol. The van der Waals surface area contributed by atoms with Crippen LogP contribution in [0.1, 0.15) is 0 Å². The third-order valence-corrected chi connectivity index (χ3v) is 10.9. The van der Waals surface area contributed by atoms with Crippen LogP contribution in [0.5, 0.6) is 0 Å².